The molecule has 0 spiro atoms. The molecule has 0 aliphatic heterocycles. The highest BCUT2D eigenvalue weighted by Crippen LogP contribution is 2.18. The van der Waals surface area contributed by atoms with Gasteiger partial charge in [0.1, 0.15) is 0 Å². The van der Waals surface area contributed by atoms with Crippen LogP contribution in [0.15, 0.2) is 41.3 Å². The zero-order chi connectivity index (χ0) is 10.7. The predicted molar refractivity (Wildman–Crippen MR) is 56.0 cm³/mol. The van der Waals surface area contributed by atoms with E-state index in [0.29, 0.717) is 12.0 Å². The van der Waals surface area contributed by atoms with Gasteiger partial charge in [-0.05, 0) is 35.4 Å². The first-order valence-electron chi connectivity index (χ1n) is 4.42. The highest BCUT2D eigenvalue weighted by atomic mass is 35.5. The van der Waals surface area contributed by atoms with Crippen molar-refractivity contribution in [2.45, 2.75) is 6.42 Å². The van der Waals surface area contributed by atoms with E-state index in [-0.39, 0.29) is 11.0 Å². The maximum absolute atomic E-state index is 11.7. The van der Waals surface area contributed by atoms with Crippen LogP contribution >= 0.6 is 11.6 Å². The molecule has 2 aromatic heterocycles. The summed E-state index contributed by atoms with van der Waals surface area (Å²) in [6.45, 7) is 0. The number of nitrogens with zero attached hydrogens (tertiary/aromatic N) is 1. The fraction of sp³-hybridized carbons (Fsp3) is 0.0909. The van der Waals surface area contributed by atoms with Crippen LogP contribution in [0.1, 0.15) is 15.9 Å². The van der Waals surface area contributed by atoms with Crippen molar-refractivity contribution in [2.75, 3.05) is 0 Å². The SMILES string of the molecule is O=C(Cc1ccncc1)c1ccoc1Cl. The molecular weight excluding hydrogens is 214 g/mol. The molecule has 0 saturated heterocycles. The van der Waals surface area contributed by atoms with Crippen molar-refractivity contribution < 1.29 is 9.21 Å². The number of furan rings is 1. The third-order valence-electron chi connectivity index (χ3n) is 2.03. The lowest BCUT2D eigenvalue weighted by Crippen LogP contribution is -2.02. The van der Waals surface area contributed by atoms with Gasteiger partial charge in [0.25, 0.3) is 0 Å². The van der Waals surface area contributed by atoms with Gasteiger partial charge in [0.15, 0.2) is 5.78 Å². The Balaban J connectivity index is 2.15. The first-order valence-corrected chi connectivity index (χ1v) is 4.80. The second-order valence-electron chi connectivity index (χ2n) is 3.06. The number of aromatic nitrogens is 1. The minimum absolute atomic E-state index is 0.0556. The Hall–Kier alpha value is -1.61. The van der Waals surface area contributed by atoms with E-state index in [1.165, 1.54) is 6.26 Å². The molecule has 0 fully saturated rings. The summed E-state index contributed by atoms with van der Waals surface area (Å²) in [5.41, 5.74) is 1.33. The number of Topliss-reactive ketones (excluding diaryl/α,β-unsaturated/α-hetero) is 1. The Morgan fingerprint density at radius 3 is 2.67 bits per heavy atom. The van der Waals surface area contributed by atoms with E-state index in [1.54, 1.807) is 30.6 Å². The Labute approximate surface area is 91.7 Å². The summed E-state index contributed by atoms with van der Waals surface area (Å²) >= 11 is 5.70. The number of halogens is 1. The first-order chi connectivity index (χ1) is 7.27. The molecule has 0 aliphatic carbocycles. The van der Waals surface area contributed by atoms with Crippen LogP contribution in [0.2, 0.25) is 5.22 Å². The zero-order valence-electron chi connectivity index (χ0n) is 7.81. The number of rotatable bonds is 3. The largest absolute Gasteiger partial charge is 0.452 e. The average molecular weight is 222 g/mol. The summed E-state index contributed by atoms with van der Waals surface area (Å²) in [6, 6.07) is 5.17. The minimum atomic E-state index is -0.0556. The van der Waals surface area contributed by atoms with Crippen LogP contribution in [0.3, 0.4) is 0 Å². The average Bonchev–Trinajstić information content (AvgIpc) is 2.66. The topological polar surface area (TPSA) is 43.1 Å². The number of hydrogen-bond donors (Lipinski definition) is 0. The summed E-state index contributed by atoms with van der Waals surface area (Å²) in [5, 5.41) is 0.147. The van der Waals surface area contributed by atoms with Gasteiger partial charge in [-0.25, -0.2) is 0 Å². The molecule has 15 heavy (non-hydrogen) atoms. The van der Waals surface area contributed by atoms with E-state index in [4.69, 9.17) is 16.0 Å². The van der Waals surface area contributed by atoms with E-state index in [1.807, 2.05) is 0 Å². The first kappa shape index (κ1) is 9.93. The van der Waals surface area contributed by atoms with Crippen LogP contribution in [0.25, 0.3) is 0 Å². The summed E-state index contributed by atoms with van der Waals surface area (Å²) in [6.07, 6.45) is 5.02. The molecule has 2 rings (SSSR count). The molecule has 0 amide bonds. The molecule has 76 valence electrons. The van der Waals surface area contributed by atoms with Crippen molar-refractivity contribution in [1.82, 2.24) is 4.98 Å². The maximum atomic E-state index is 11.7. The molecule has 0 aromatic carbocycles. The van der Waals surface area contributed by atoms with E-state index < -0.39 is 0 Å². The lowest BCUT2D eigenvalue weighted by atomic mass is 10.1. The Kier molecular flexibility index (Phi) is 2.83. The number of pyridine rings is 1. The molecule has 0 saturated carbocycles. The van der Waals surface area contributed by atoms with Gasteiger partial charge in [0.05, 0.1) is 11.8 Å². The van der Waals surface area contributed by atoms with E-state index in [0.717, 1.165) is 5.56 Å². The van der Waals surface area contributed by atoms with Crippen molar-refractivity contribution in [3.05, 3.63) is 53.2 Å². The summed E-state index contributed by atoms with van der Waals surface area (Å²) in [7, 11) is 0. The second-order valence-corrected chi connectivity index (χ2v) is 3.41. The number of carbonyl (C=O) groups excluding carboxylic acids is 1. The van der Waals surface area contributed by atoms with Crippen molar-refractivity contribution in [1.29, 1.82) is 0 Å². The lowest BCUT2D eigenvalue weighted by Gasteiger charge is -1.98. The van der Waals surface area contributed by atoms with Gasteiger partial charge in [-0.15, -0.1) is 0 Å². The maximum Gasteiger partial charge on any atom is 0.203 e. The fourth-order valence-corrected chi connectivity index (χ4v) is 1.49. The monoisotopic (exact) mass is 221 g/mol. The van der Waals surface area contributed by atoms with Gasteiger partial charge in [-0.2, -0.15) is 0 Å². The third kappa shape index (κ3) is 2.25. The van der Waals surface area contributed by atoms with E-state index in [2.05, 4.69) is 4.98 Å². The third-order valence-corrected chi connectivity index (χ3v) is 2.33. The van der Waals surface area contributed by atoms with E-state index in [9.17, 15) is 4.79 Å². The van der Waals surface area contributed by atoms with E-state index >= 15 is 0 Å². The quantitative estimate of drug-likeness (QED) is 0.749. The summed E-state index contributed by atoms with van der Waals surface area (Å²) in [5.74, 6) is -0.0556. The van der Waals surface area contributed by atoms with Crippen molar-refractivity contribution in [3.8, 4) is 0 Å². The van der Waals surface area contributed by atoms with Gasteiger partial charge < -0.3 is 4.42 Å². The van der Waals surface area contributed by atoms with Gasteiger partial charge in [0.2, 0.25) is 5.22 Å². The lowest BCUT2D eigenvalue weighted by molar-refractivity contribution is 0.0992. The normalized spacial score (nSPS) is 10.2. The van der Waals surface area contributed by atoms with Crippen molar-refractivity contribution in [2.24, 2.45) is 0 Å². The van der Waals surface area contributed by atoms with Gasteiger partial charge in [-0.3, -0.25) is 9.78 Å². The van der Waals surface area contributed by atoms with Gasteiger partial charge in [0, 0.05) is 18.8 Å². The number of ketones is 1. The van der Waals surface area contributed by atoms with Gasteiger partial charge in [-0.1, -0.05) is 0 Å². The zero-order valence-corrected chi connectivity index (χ0v) is 8.57. The molecule has 0 aliphatic rings. The number of carbonyl (C=O) groups is 1. The molecule has 3 nitrogen and oxygen atoms in total. The smallest absolute Gasteiger partial charge is 0.203 e. The molecule has 2 aromatic rings. The minimum Gasteiger partial charge on any atom is -0.452 e. The van der Waals surface area contributed by atoms with Crippen LogP contribution in [0.4, 0.5) is 0 Å². The van der Waals surface area contributed by atoms with Crippen molar-refractivity contribution >= 4 is 17.4 Å². The molecular formula is C11H8ClNO2. The van der Waals surface area contributed by atoms with Crippen LogP contribution in [-0.2, 0) is 6.42 Å². The summed E-state index contributed by atoms with van der Waals surface area (Å²) in [4.78, 5) is 15.6. The van der Waals surface area contributed by atoms with Gasteiger partial charge >= 0.3 is 0 Å². The van der Waals surface area contributed by atoms with Crippen LogP contribution in [0, 0.1) is 0 Å². The molecule has 0 bridgehead atoms. The standard InChI is InChI=1S/C11H8ClNO2/c12-11-9(3-6-15-11)10(14)7-8-1-4-13-5-2-8/h1-6H,7H2. The predicted octanol–water partition coefficient (Wildman–Crippen LogP) is 2.75. The van der Waals surface area contributed by atoms with Crippen LogP contribution < -0.4 is 0 Å². The second kappa shape index (κ2) is 4.28. The van der Waals surface area contributed by atoms with Crippen LogP contribution in [-0.4, -0.2) is 10.8 Å². The molecule has 0 radical (unpaired) electrons. The fourth-order valence-electron chi connectivity index (χ4n) is 1.27. The highest BCUT2D eigenvalue weighted by Gasteiger charge is 2.13. The Bertz CT molecular complexity index is 464. The molecule has 0 atom stereocenters. The summed E-state index contributed by atoms with van der Waals surface area (Å²) < 4.78 is 4.86. The number of hydrogen-bond acceptors (Lipinski definition) is 3. The molecule has 4 heteroatoms. The highest BCUT2D eigenvalue weighted by molar-refractivity contribution is 6.32. The molecule has 0 N–H and O–H groups in total. The Morgan fingerprint density at radius 1 is 1.33 bits per heavy atom. The van der Waals surface area contributed by atoms with Crippen molar-refractivity contribution in [3.63, 3.8) is 0 Å². The Morgan fingerprint density at radius 2 is 2.07 bits per heavy atom. The molecule has 2 heterocycles. The molecule has 0 unspecified atom stereocenters. The van der Waals surface area contributed by atoms with Crippen LogP contribution in [0.5, 0.6) is 0 Å².